The summed E-state index contributed by atoms with van der Waals surface area (Å²) in [4.78, 5) is 32.5. The monoisotopic (exact) mass is 1060 g/mol. The molecule has 0 saturated carbocycles. The molecule has 3 aliphatic heterocycles. The number of rotatable bonds is 16. The molecule has 0 aromatic heterocycles. The van der Waals surface area contributed by atoms with Crippen LogP contribution in [0.3, 0.4) is 0 Å². The smallest absolute Gasteiger partial charge is 0.324 e. The maximum Gasteiger partial charge on any atom is 0.324 e. The van der Waals surface area contributed by atoms with Crippen LogP contribution in [0, 0.1) is 17.8 Å². The number of carbonyl (C=O) groups excluding carboxylic acids is 2. The van der Waals surface area contributed by atoms with Gasteiger partial charge in [0.15, 0.2) is 30.2 Å². The number of benzene rings is 2. The molecule has 3 heterocycles. The van der Waals surface area contributed by atoms with E-state index in [1.807, 2.05) is 58.0 Å². The molecule has 6 N–H and O–H groups in total. The normalized spacial score (nSPS) is 38.3. The van der Waals surface area contributed by atoms with Gasteiger partial charge in [-0.15, -0.1) is 0 Å². The van der Waals surface area contributed by atoms with Crippen LogP contribution < -0.4 is 29.7 Å². The number of likely N-dealkylation sites (N-methyl/N-ethyl adjacent to an activating group) is 1. The first-order chi connectivity index (χ1) is 35.2. The summed E-state index contributed by atoms with van der Waals surface area (Å²) in [6.07, 6.45) is -8.10. The Morgan fingerprint density at radius 2 is 1.55 bits per heavy atom. The second-order valence-corrected chi connectivity index (χ2v) is 22.1. The molecule has 0 bridgehead atoms. The predicted octanol–water partition coefficient (Wildman–Crippen LogP) is 5.66. The van der Waals surface area contributed by atoms with Gasteiger partial charge in [-0.2, -0.15) is 0 Å². The van der Waals surface area contributed by atoms with Crippen LogP contribution in [-0.4, -0.2) is 182 Å². The molecule has 18 atom stereocenters. The zero-order valence-electron chi connectivity index (χ0n) is 47.5. The third kappa shape index (κ3) is 14.1. The van der Waals surface area contributed by atoms with Crippen molar-refractivity contribution < 1.29 is 72.6 Å². The number of para-hydroxylation sites is 1. The van der Waals surface area contributed by atoms with Crippen molar-refractivity contribution in [3.8, 4) is 17.2 Å². The van der Waals surface area contributed by atoms with Gasteiger partial charge in [0.1, 0.15) is 34.8 Å². The lowest BCUT2D eigenvalue weighted by atomic mass is 9.75. The lowest BCUT2D eigenvalue weighted by Crippen LogP contribution is -2.70. The molecule has 3 fully saturated rings. The van der Waals surface area contributed by atoms with Gasteiger partial charge < -0.3 is 78.6 Å². The third-order valence-corrected chi connectivity index (χ3v) is 16.2. The molecule has 0 radical (unpaired) electrons. The summed E-state index contributed by atoms with van der Waals surface area (Å²) >= 11 is 0. The van der Waals surface area contributed by atoms with Crippen molar-refractivity contribution in [2.75, 3.05) is 60.0 Å². The molecule has 0 unspecified atom stereocenters. The van der Waals surface area contributed by atoms with E-state index in [1.54, 1.807) is 83.6 Å². The van der Waals surface area contributed by atoms with Gasteiger partial charge in [-0.25, -0.2) is 4.79 Å². The van der Waals surface area contributed by atoms with Gasteiger partial charge in [0.25, 0.3) is 0 Å². The number of urea groups is 1. The zero-order valence-corrected chi connectivity index (χ0v) is 47.5. The molecule has 2 amide bonds. The van der Waals surface area contributed by atoms with Crippen molar-refractivity contribution in [2.24, 2.45) is 17.8 Å². The quantitative estimate of drug-likeness (QED) is 0.0881. The van der Waals surface area contributed by atoms with Crippen LogP contribution in [0.4, 0.5) is 10.5 Å². The highest BCUT2D eigenvalue weighted by molar-refractivity contribution is 5.91. The van der Waals surface area contributed by atoms with Gasteiger partial charge >= 0.3 is 12.0 Å². The number of hydrogen-bond acceptors (Lipinski definition) is 17. The highest BCUT2D eigenvalue weighted by Crippen LogP contribution is 2.44. The molecule has 0 spiro atoms. The Bertz CT molecular complexity index is 2120. The van der Waals surface area contributed by atoms with Crippen molar-refractivity contribution in [2.45, 2.75) is 198 Å². The van der Waals surface area contributed by atoms with E-state index in [4.69, 9.17) is 42.6 Å². The number of esters is 1. The first-order valence-corrected chi connectivity index (χ1v) is 26.8. The van der Waals surface area contributed by atoms with Crippen molar-refractivity contribution in [1.29, 1.82) is 0 Å². The minimum Gasteiger partial charge on any atom is -0.493 e. The van der Waals surface area contributed by atoms with Gasteiger partial charge in [0, 0.05) is 57.9 Å². The molecular weight excluding hydrogens is 969 g/mol. The molecule has 3 aliphatic rings. The molecule has 2 aromatic carbocycles. The van der Waals surface area contributed by atoms with E-state index in [0.717, 1.165) is 6.42 Å². The summed E-state index contributed by atoms with van der Waals surface area (Å²) < 4.78 is 58.1. The second kappa shape index (κ2) is 26.2. The number of aliphatic hydroxyl groups is 4. The topological polar surface area (TPSA) is 229 Å². The largest absolute Gasteiger partial charge is 0.493 e. The Morgan fingerprint density at radius 3 is 2.16 bits per heavy atom. The molecule has 3 saturated heterocycles. The number of anilines is 1. The summed E-state index contributed by atoms with van der Waals surface area (Å²) in [5, 5.41) is 55.7. The summed E-state index contributed by atoms with van der Waals surface area (Å²) in [5.74, 6) is -1.81. The number of aliphatic hydroxyl groups excluding tert-OH is 1. The van der Waals surface area contributed by atoms with Gasteiger partial charge in [-0.3, -0.25) is 9.69 Å². The minimum atomic E-state index is -1.88. The zero-order chi connectivity index (χ0) is 55.8. The summed E-state index contributed by atoms with van der Waals surface area (Å²) in [5.41, 5.74) is -5.62. The highest BCUT2D eigenvalue weighted by Gasteiger charge is 2.58. The number of methoxy groups -OCH3 is 3. The van der Waals surface area contributed by atoms with Crippen LogP contribution in [0.2, 0.25) is 0 Å². The molecule has 19 nitrogen and oxygen atoms in total. The Balaban J connectivity index is 1.67. The maximum absolute atomic E-state index is 14.8. The maximum atomic E-state index is 14.8. The fraction of sp³-hybridized carbons (Fsp3) is 0.750. The van der Waals surface area contributed by atoms with Crippen LogP contribution in [0.5, 0.6) is 17.2 Å². The highest BCUT2D eigenvalue weighted by atomic mass is 16.7. The van der Waals surface area contributed by atoms with E-state index in [2.05, 4.69) is 10.6 Å². The van der Waals surface area contributed by atoms with Gasteiger partial charge in [-0.05, 0) is 117 Å². The Kier molecular flexibility index (Phi) is 21.6. The molecule has 0 aliphatic carbocycles. The van der Waals surface area contributed by atoms with Crippen LogP contribution in [-0.2, 0) is 33.2 Å². The van der Waals surface area contributed by atoms with Crippen molar-refractivity contribution in [3.05, 3.63) is 48.5 Å². The lowest BCUT2D eigenvalue weighted by Gasteiger charge is -2.53. The number of cyclic esters (lactones) is 1. The summed E-state index contributed by atoms with van der Waals surface area (Å²) in [7, 11) is 7.99. The summed E-state index contributed by atoms with van der Waals surface area (Å²) in [6, 6.07) is 12.7. The average molecular weight is 1060 g/mol. The number of hydrogen-bond donors (Lipinski definition) is 6. The van der Waals surface area contributed by atoms with E-state index in [0.29, 0.717) is 42.4 Å². The SMILES string of the molecule is CCCNC[C@]1(O)[C@H](C)O[C@@H](O[C@H]2[C@H](C)[C@@H](O[C@@H]3O[C@H](C)C[C@H](N(C)C(=O)N(C)c4ccccc4)[C@H]3Oc3ccc(OC)c(OC)c3)[C@](C)(O)C[C@@H](C)CN[C@H](C)[C@@H](O)[C@](C)(O)[C@@H](CC)OC(=O)[C@@H]2C)C[C@@]1(C)OC. The third-order valence-electron chi connectivity index (χ3n) is 16.2. The van der Waals surface area contributed by atoms with Crippen molar-refractivity contribution in [1.82, 2.24) is 15.5 Å². The van der Waals surface area contributed by atoms with Crippen LogP contribution in [0.15, 0.2) is 48.5 Å². The fourth-order valence-corrected chi connectivity index (χ4v) is 11.4. The van der Waals surface area contributed by atoms with Crippen LogP contribution in [0.1, 0.15) is 108 Å². The van der Waals surface area contributed by atoms with Crippen LogP contribution >= 0.6 is 0 Å². The van der Waals surface area contributed by atoms with E-state index in [-0.39, 0.29) is 37.8 Å². The predicted molar refractivity (Wildman–Crippen MR) is 284 cm³/mol. The van der Waals surface area contributed by atoms with Crippen molar-refractivity contribution >= 4 is 17.7 Å². The molecule has 2 aromatic rings. The Hall–Kier alpha value is -3.86. The first kappa shape index (κ1) is 62.0. The second-order valence-electron chi connectivity index (χ2n) is 22.1. The van der Waals surface area contributed by atoms with Gasteiger partial charge in [-0.1, -0.05) is 45.9 Å². The average Bonchev–Trinajstić information content (AvgIpc) is 3.38. The molecular formula is C56H92N4O15. The molecule has 75 heavy (non-hydrogen) atoms. The van der Waals surface area contributed by atoms with E-state index >= 15 is 0 Å². The number of amides is 2. The molecule has 19 heteroatoms. The Labute approximate surface area is 446 Å². The van der Waals surface area contributed by atoms with E-state index in [1.165, 1.54) is 28.3 Å². The first-order valence-electron chi connectivity index (χ1n) is 26.8. The van der Waals surface area contributed by atoms with Gasteiger partial charge in [0.2, 0.25) is 0 Å². The number of carbonyl (C=O) groups is 2. The molecule has 426 valence electrons. The number of ether oxygens (including phenoxy) is 9. The van der Waals surface area contributed by atoms with Crippen LogP contribution in [0.25, 0.3) is 0 Å². The Morgan fingerprint density at radius 1 is 0.880 bits per heavy atom. The van der Waals surface area contributed by atoms with Crippen molar-refractivity contribution in [3.63, 3.8) is 0 Å². The number of nitrogens with one attached hydrogen (secondary N) is 2. The lowest BCUT2D eigenvalue weighted by molar-refractivity contribution is -0.335. The van der Waals surface area contributed by atoms with Gasteiger partial charge in [0.05, 0.1) is 56.2 Å². The summed E-state index contributed by atoms with van der Waals surface area (Å²) in [6.45, 7) is 20.7. The minimum absolute atomic E-state index is 0.0358. The fourth-order valence-electron chi connectivity index (χ4n) is 11.4. The van der Waals surface area contributed by atoms with E-state index < -0.39 is 108 Å². The number of nitrogens with zero attached hydrogens (tertiary/aromatic N) is 2. The standard InChI is InChI=1S/C56H92N4O15/c1-17-26-57-32-56(66)38(8)71-45(30-54(56,10)69-16)74-46-35(5)49(53(9,64)29-33(3)31-58-37(7)48(61)55(11,65)44(18-2)73-50(62)36(46)6)75-51-47(72-40-24-25-42(67-14)43(28-40)68-15)41(27-34(4)70-51)60(13)52(63)59(12)39-22-20-19-21-23-39/h19-25,28,33-38,41,44-49,51,57-58,61,64-66H,17-18,26-27,29-32H2,1-16H3/t33-,34-,35+,36-,37-,38+,41+,44-,45+,46+,47-,48-,49-,51+,53-,54-,55-,56+/m1/s1. The van der Waals surface area contributed by atoms with E-state index in [9.17, 15) is 30.0 Å². The molecule has 5 rings (SSSR count).